The molecule has 3 heterocycles. The van der Waals surface area contributed by atoms with Crippen molar-refractivity contribution < 1.29 is 19.2 Å². The van der Waals surface area contributed by atoms with Crippen LogP contribution in [0.25, 0.3) is 0 Å². The molecule has 1 unspecified atom stereocenters. The van der Waals surface area contributed by atoms with Crippen LogP contribution in [0.15, 0.2) is 35.1 Å². The summed E-state index contributed by atoms with van der Waals surface area (Å²) in [6, 6.07) is 4.03. The van der Waals surface area contributed by atoms with Crippen molar-refractivity contribution in [2.24, 2.45) is 0 Å². The molecule has 0 bridgehead atoms. The number of nitrogens with zero attached hydrogens (tertiary/aromatic N) is 4. The minimum Gasteiger partial charge on any atom is -0.508 e. The lowest BCUT2D eigenvalue weighted by molar-refractivity contribution is -0.118. The number of phenols is 1. The lowest BCUT2D eigenvalue weighted by atomic mass is 10.0. The van der Waals surface area contributed by atoms with E-state index in [1.807, 2.05) is 19.9 Å². The number of rotatable bonds is 5. The summed E-state index contributed by atoms with van der Waals surface area (Å²) >= 11 is 0. The number of hydrogen-bond donors (Lipinski definition) is 2. The quantitative estimate of drug-likeness (QED) is 0.641. The van der Waals surface area contributed by atoms with Gasteiger partial charge in [0.15, 0.2) is 0 Å². The monoisotopic (exact) mass is 395 g/mol. The van der Waals surface area contributed by atoms with Gasteiger partial charge in [-0.05, 0) is 38.0 Å². The zero-order valence-electron chi connectivity index (χ0n) is 16.3. The molecule has 9 heteroatoms. The Morgan fingerprint density at radius 3 is 2.72 bits per heavy atom. The molecule has 1 atom stereocenters. The highest BCUT2D eigenvalue weighted by Gasteiger charge is 2.39. The number of carbonyl (C=O) groups excluding carboxylic acids is 2. The van der Waals surface area contributed by atoms with Crippen LogP contribution >= 0.6 is 0 Å². The molecule has 150 valence electrons. The number of aryl methyl sites for hydroxylation is 3. The summed E-state index contributed by atoms with van der Waals surface area (Å²) in [5.41, 5.74) is 3.60. The van der Waals surface area contributed by atoms with E-state index in [1.165, 1.54) is 6.20 Å². The standard InChI is InChI=1S/C20H21N5O4/c1-11-4-5-14(7-18(11)26)6-17-19(27)25(20(28)22-17)15-8-21-24(9-15)10-16-12(2)23-29-13(16)3/h4-5,7-9,17,26H,6,10H2,1-3H3,(H,22,28). The molecule has 0 saturated carbocycles. The average Bonchev–Trinajstić information content (AvgIpc) is 3.33. The number of aromatic hydroxyl groups is 1. The number of anilines is 1. The summed E-state index contributed by atoms with van der Waals surface area (Å²) < 4.78 is 6.79. The van der Waals surface area contributed by atoms with Crippen LogP contribution in [0.2, 0.25) is 0 Å². The summed E-state index contributed by atoms with van der Waals surface area (Å²) in [5.74, 6) is 0.514. The third kappa shape index (κ3) is 3.46. The van der Waals surface area contributed by atoms with Gasteiger partial charge in [-0.25, -0.2) is 9.69 Å². The molecular weight excluding hydrogens is 374 g/mol. The normalized spacial score (nSPS) is 16.5. The van der Waals surface area contributed by atoms with E-state index in [-0.39, 0.29) is 11.7 Å². The Morgan fingerprint density at radius 2 is 2.03 bits per heavy atom. The highest BCUT2D eigenvalue weighted by atomic mass is 16.5. The Hall–Kier alpha value is -3.62. The number of nitrogens with one attached hydrogen (secondary N) is 1. The molecule has 1 fully saturated rings. The van der Waals surface area contributed by atoms with Crippen molar-refractivity contribution in [1.29, 1.82) is 0 Å². The van der Waals surface area contributed by atoms with E-state index in [0.29, 0.717) is 24.4 Å². The first kappa shape index (κ1) is 18.7. The van der Waals surface area contributed by atoms with Gasteiger partial charge in [0.05, 0.1) is 24.1 Å². The van der Waals surface area contributed by atoms with Crippen LogP contribution in [0.4, 0.5) is 10.5 Å². The fourth-order valence-corrected chi connectivity index (χ4v) is 3.38. The van der Waals surface area contributed by atoms with Crippen molar-refractivity contribution in [2.75, 3.05) is 4.90 Å². The lowest BCUT2D eigenvalue weighted by Crippen LogP contribution is -2.32. The van der Waals surface area contributed by atoms with E-state index in [1.54, 1.807) is 29.9 Å². The lowest BCUT2D eigenvalue weighted by Gasteiger charge is -2.11. The second-order valence-corrected chi connectivity index (χ2v) is 7.20. The number of phenolic OH excluding ortho intramolecular Hbond substituents is 1. The van der Waals surface area contributed by atoms with Crippen LogP contribution in [-0.2, 0) is 17.8 Å². The van der Waals surface area contributed by atoms with Gasteiger partial charge in [-0.1, -0.05) is 17.3 Å². The Kier molecular flexibility index (Phi) is 4.57. The number of benzene rings is 1. The highest BCUT2D eigenvalue weighted by Crippen LogP contribution is 2.24. The molecule has 1 aliphatic rings. The van der Waals surface area contributed by atoms with Crippen LogP contribution in [0.3, 0.4) is 0 Å². The zero-order valence-corrected chi connectivity index (χ0v) is 16.3. The molecule has 2 N–H and O–H groups in total. The van der Waals surface area contributed by atoms with Crippen LogP contribution in [0.5, 0.6) is 5.75 Å². The average molecular weight is 395 g/mol. The molecule has 29 heavy (non-hydrogen) atoms. The van der Waals surface area contributed by atoms with Crippen molar-refractivity contribution in [1.82, 2.24) is 20.3 Å². The number of carbonyl (C=O) groups is 2. The maximum absolute atomic E-state index is 12.8. The zero-order chi connectivity index (χ0) is 20.7. The Bertz CT molecular complexity index is 1080. The van der Waals surface area contributed by atoms with Crippen molar-refractivity contribution in [2.45, 2.75) is 39.8 Å². The fourth-order valence-electron chi connectivity index (χ4n) is 3.38. The summed E-state index contributed by atoms with van der Waals surface area (Å²) in [5, 5.41) is 20.7. The maximum Gasteiger partial charge on any atom is 0.329 e. The Balaban J connectivity index is 1.50. The molecule has 0 aliphatic carbocycles. The number of imide groups is 1. The second-order valence-electron chi connectivity index (χ2n) is 7.20. The molecule has 0 spiro atoms. The van der Waals surface area contributed by atoms with E-state index in [0.717, 1.165) is 27.3 Å². The van der Waals surface area contributed by atoms with E-state index in [4.69, 9.17) is 4.52 Å². The van der Waals surface area contributed by atoms with Gasteiger partial charge in [0.1, 0.15) is 17.6 Å². The molecular formula is C20H21N5O4. The molecule has 3 aromatic rings. The summed E-state index contributed by atoms with van der Waals surface area (Å²) in [7, 11) is 0. The van der Waals surface area contributed by atoms with Crippen LogP contribution in [0.1, 0.15) is 28.1 Å². The molecule has 2 aromatic heterocycles. The van der Waals surface area contributed by atoms with Gasteiger partial charge in [-0.15, -0.1) is 0 Å². The molecule has 1 aromatic carbocycles. The van der Waals surface area contributed by atoms with Crippen LogP contribution in [0, 0.1) is 20.8 Å². The minimum atomic E-state index is -0.699. The molecule has 1 saturated heterocycles. The summed E-state index contributed by atoms with van der Waals surface area (Å²) in [6.07, 6.45) is 3.42. The first-order valence-electron chi connectivity index (χ1n) is 9.20. The fraction of sp³-hybridized carbons (Fsp3) is 0.300. The first-order chi connectivity index (χ1) is 13.8. The largest absolute Gasteiger partial charge is 0.508 e. The second kappa shape index (κ2) is 7.08. The first-order valence-corrected chi connectivity index (χ1v) is 9.20. The Labute approximate surface area is 166 Å². The van der Waals surface area contributed by atoms with Crippen LogP contribution < -0.4 is 10.2 Å². The highest BCUT2D eigenvalue weighted by molar-refractivity contribution is 6.21. The van der Waals surface area contributed by atoms with Gasteiger partial charge in [0.25, 0.3) is 5.91 Å². The van der Waals surface area contributed by atoms with E-state index in [2.05, 4.69) is 15.6 Å². The molecule has 9 nitrogen and oxygen atoms in total. The van der Waals surface area contributed by atoms with Crippen LogP contribution in [-0.4, -0.2) is 38.0 Å². The smallest absolute Gasteiger partial charge is 0.329 e. The number of urea groups is 1. The van der Waals surface area contributed by atoms with Gasteiger partial charge >= 0.3 is 6.03 Å². The molecule has 1 aliphatic heterocycles. The van der Waals surface area contributed by atoms with Crippen molar-refractivity contribution in [3.8, 4) is 5.75 Å². The number of aromatic nitrogens is 3. The van der Waals surface area contributed by atoms with Crippen molar-refractivity contribution in [3.63, 3.8) is 0 Å². The van der Waals surface area contributed by atoms with Crippen molar-refractivity contribution >= 4 is 17.6 Å². The van der Waals surface area contributed by atoms with Gasteiger partial charge in [-0.3, -0.25) is 9.48 Å². The third-order valence-corrected chi connectivity index (χ3v) is 5.11. The molecule has 3 amide bonds. The van der Waals surface area contributed by atoms with Crippen molar-refractivity contribution in [3.05, 3.63) is 58.7 Å². The van der Waals surface area contributed by atoms with E-state index < -0.39 is 12.1 Å². The van der Waals surface area contributed by atoms with Gasteiger partial charge in [0, 0.05) is 18.2 Å². The van der Waals surface area contributed by atoms with Gasteiger partial charge < -0.3 is 14.9 Å². The number of hydrogen-bond acceptors (Lipinski definition) is 6. The molecule has 0 radical (unpaired) electrons. The summed E-state index contributed by atoms with van der Waals surface area (Å²) in [4.78, 5) is 26.3. The van der Waals surface area contributed by atoms with E-state index >= 15 is 0 Å². The maximum atomic E-state index is 12.8. The SMILES string of the molecule is Cc1ccc(CC2NC(=O)N(c3cnn(Cc4c(C)noc4C)c3)C2=O)cc1O. The van der Waals surface area contributed by atoms with Gasteiger partial charge in [0.2, 0.25) is 0 Å². The predicted molar refractivity (Wildman–Crippen MR) is 104 cm³/mol. The molecule has 4 rings (SSSR count). The predicted octanol–water partition coefficient (Wildman–Crippen LogP) is 2.22. The third-order valence-electron chi connectivity index (χ3n) is 5.11. The summed E-state index contributed by atoms with van der Waals surface area (Å²) in [6.45, 7) is 5.90. The topological polar surface area (TPSA) is 113 Å². The van der Waals surface area contributed by atoms with E-state index in [9.17, 15) is 14.7 Å². The minimum absolute atomic E-state index is 0.164. The number of amides is 3. The Morgan fingerprint density at radius 1 is 1.24 bits per heavy atom. The van der Waals surface area contributed by atoms with Gasteiger partial charge in [-0.2, -0.15) is 5.10 Å².